The quantitative estimate of drug-likeness (QED) is 0.901. The fraction of sp³-hybridized carbons (Fsp3) is 0.462. The molecule has 0 aromatic heterocycles. The predicted octanol–water partition coefficient (Wildman–Crippen LogP) is 3.37. The molecule has 0 saturated heterocycles. The first-order valence-electron chi connectivity index (χ1n) is 5.70. The average Bonchev–Trinajstić information content (AvgIpc) is 3.07. The summed E-state index contributed by atoms with van der Waals surface area (Å²) in [6, 6.07) is 7.52. The van der Waals surface area contributed by atoms with Crippen molar-refractivity contribution in [3.63, 3.8) is 0 Å². The van der Waals surface area contributed by atoms with Crippen LogP contribution in [0.4, 0.5) is 0 Å². The predicted molar refractivity (Wildman–Crippen MR) is 68.4 cm³/mol. The largest absolute Gasteiger partial charge is 0.351 e. The normalized spacial score (nSPS) is 16.9. The van der Waals surface area contributed by atoms with Crippen LogP contribution in [0.1, 0.15) is 36.5 Å². The number of nitrogens with one attached hydrogen (secondary N) is 1. The minimum absolute atomic E-state index is 0.0206. The first kappa shape index (κ1) is 11.6. The van der Waals surface area contributed by atoms with E-state index in [1.54, 1.807) is 0 Å². The SMILES string of the molecule is CCC1(CNC(=O)c2ccccc2Br)CC1. The van der Waals surface area contributed by atoms with Crippen LogP contribution in [-0.4, -0.2) is 12.5 Å². The first-order chi connectivity index (χ1) is 7.67. The Bertz CT molecular complexity index is 399. The average molecular weight is 282 g/mol. The second-order valence-corrected chi connectivity index (χ2v) is 5.37. The van der Waals surface area contributed by atoms with Crippen LogP contribution < -0.4 is 5.32 Å². The zero-order valence-electron chi connectivity index (χ0n) is 9.42. The molecule has 16 heavy (non-hydrogen) atoms. The zero-order valence-corrected chi connectivity index (χ0v) is 11.0. The third kappa shape index (κ3) is 2.46. The second-order valence-electron chi connectivity index (χ2n) is 4.52. The van der Waals surface area contributed by atoms with Gasteiger partial charge in [0.1, 0.15) is 0 Å². The van der Waals surface area contributed by atoms with E-state index in [2.05, 4.69) is 28.2 Å². The van der Waals surface area contributed by atoms with E-state index >= 15 is 0 Å². The maximum atomic E-state index is 11.9. The van der Waals surface area contributed by atoms with Gasteiger partial charge in [-0.3, -0.25) is 4.79 Å². The number of hydrogen-bond donors (Lipinski definition) is 1. The Morgan fingerprint density at radius 2 is 2.12 bits per heavy atom. The van der Waals surface area contributed by atoms with Gasteiger partial charge in [0.05, 0.1) is 5.56 Å². The number of halogens is 1. The number of carbonyl (C=O) groups is 1. The summed E-state index contributed by atoms with van der Waals surface area (Å²) in [5.74, 6) is 0.0206. The molecule has 0 bridgehead atoms. The molecule has 2 nitrogen and oxygen atoms in total. The standard InChI is InChI=1S/C13H16BrNO/c1-2-13(7-8-13)9-15-12(16)10-5-3-4-6-11(10)14/h3-6H,2,7-9H2,1H3,(H,15,16). The Hall–Kier alpha value is -0.830. The molecule has 0 aliphatic heterocycles. The van der Waals surface area contributed by atoms with Gasteiger partial charge in [0.15, 0.2) is 0 Å². The molecule has 0 radical (unpaired) electrons. The van der Waals surface area contributed by atoms with Crippen LogP contribution in [0, 0.1) is 5.41 Å². The third-order valence-electron chi connectivity index (χ3n) is 3.45. The minimum atomic E-state index is 0.0206. The lowest BCUT2D eigenvalue weighted by Gasteiger charge is -2.13. The number of hydrogen-bond acceptors (Lipinski definition) is 1. The van der Waals surface area contributed by atoms with Gasteiger partial charge in [-0.15, -0.1) is 0 Å². The number of carbonyl (C=O) groups excluding carboxylic acids is 1. The monoisotopic (exact) mass is 281 g/mol. The van der Waals surface area contributed by atoms with Gasteiger partial charge in [-0.2, -0.15) is 0 Å². The highest BCUT2D eigenvalue weighted by molar-refractivity contribution is 9.10. The summed E-state index contributed by atoms with van der Waals surface area (Å²) in [5.41, 5.74) is 1.12. The highest BCUT2D eigenvalue weighted by Gasteiger charge is 2.40. The van der Waals surface area contributed by atoms with E-state index in [-0.39, 0.29) is 5.91 Å². The molecule has 0 spiro atoms. The smallest absolute Gasteiger partial charge is 0.252 e. The van der Waals surface area contributed by atoms with Gasteiger partial charge < -0.3 is 5.32 Å². The molecule has 1 aromatic rings. The third-order valence-corrected chi connectivity index (χ3v) is 4.14. The molecule has 1 amide bonds. The summed E-state index contributed by atoms with van der Waals surface area (Å²) in [6.45, 7) is 3.00. The van der Waals surface area contributed by atoms with Crippen molar-refractivity contribution >= 4 is 21.8 Å². The molecule has 3 heteroatoms. The number of benzene rings is 1. The van der Waals surface area contributed by atoms with Crippen molar-refractivity contribution in [2.45, 2.75) is 26.2 Å². The van der Waals surface area contributed by atoms with Gasteiger partial charge in [-0.1, -0.05) is 19.1 Å². The molecule has 1 aliphatic rings. The summed E-state index contributed by atoms with van der Waals surface area (Å²) in [7, 11) is 0. The Morgan fingerprint density at radius 3 is 2.69 bits per heavy atom. The van der Waals surface area contributed by atoms with Crippen molar-refractivity contribution in [2.24, 2.45) is 5.41 Å². The van der Waals surface area contributed by atoms with Crippen molar-refractivity contribution in [1.29, 1.82) is 0 Å². The summed E-state index contributed by atoms with van der Waals surface area (Å²) < 4.78 is 0.855. The fourth-order valence-electron chi connectivity index (χ4n) is 1.84. The van der Waals surface area contributed by atoms with E-state index in [9.17, 15) is 4.79 Å². The summed E-state index contributed by atoms with van der Waals surface area (Å²) in [4.78, 5) is 11.9. The Labute approximate surface area is 105 Å². The van der Waals surface area contributed by atoms with Gasteiger partial charge in [-0.05, 0) is 52.7 Å². The van der Waals surface area contributed by atoms with Crippen molar-refractivity contribution in [3.8, 4) is 0 Å². The Kier molecular flexibility index (Phi) is 3.33. The van der Waals surface area contributed by atoms with E-state index < -0.39 is 0 Å². The van der Waals surface area contributed by atoms with Crippen LogP contribution in [0.15, 0.2) is 28.7 Å². The zero-order chi connectivity index (χ0) is 11.6. The van der Waals surface area contributed by atoms with Gasteiger partial charge >= 0.3 is 0 Å². The molecule has 0 unspecified atom stereocenters. The lowest BCUT2D eigenvalue weighted by molar-refractivity contribution is 0.0943. The van der Waals surface area contributed by atoms with Crippen LogP contribution in [-0.2, 0) is 0 Å². The van der Waals surface area contributed by atoms with Gasteiger partial charge in [0.25, 0.3) is 5.91 Å². The number of amides is 1. The molecule has 1 fully saturated rings. The van der Waals surface area contributed by atoms with E-state index in [4.69, 9.17) is 0 Å². The number of rotatable bonds is 4. The van der Waals surface area contributed by atoms with Crippen LogP contribution >= 0.6 is 15.9 Å². The molecule has 1 aromatic carbocycles. The van der Waals surface area contributed by atoms with E-state index in [1.807, 2.05) is 24.3 Å². The maximum absolute atomic E-state index is 11.9. The van der Waals surface area contributed by atoms with E-state index in [1.165, 1.54) is 12.8 Å². The highest BCUT2D eigenvalue weighted by Crippen LogP contribution is 2.47. The van der Waals surface area contributed by atoms with Crippen molar-refractivity contribution < 1.29 is 4.79 Å². The van der Waals surface area contributed by atoms with Crippen molar-refractivity contribution in [3.05, 3.63) is 34.3 Å². The maximum Gasteiger partial charge on any atom is 0.252 e. The highest BCUT2D eigenvalue weighted by atomic mass is 79.9. The molecule has 1 aliphatic carbocycles. The Balaban J connectivity index is 1.96. The molecular weight excluding hydrogens is 266 g/mol. The van der Waals surface area contributed by atoms with Crippen molar-refractivity contribution in [2.75, 3.05) is 6.54 Å². The van der Waals surface area contributed by atoms with Crippen molar-refractivity contribution in [1.82, 2.24) is 5.32 Å². The topological polar surface area (TPSA) is 29.1 Å². The van der Waals surface area contributed by atoms with E-state index in [0.29, 0.717) is 5.41 Å². The molecule has 0 atom stereocenters. The Morgan fingerprint density at radius 1 is 1.44 bits per heavy atom. The van der Waals surface area contributed by atoms with Crippen LogP contribution in [0.3, 0.4) is 0 Å². The summed E-state index contributed by atoms with van der Waals surface area (Å²) >= 11 is 3.39. The molecule has 1 N–H and O–H groups in total. The van der Waals surface area contributed by atoms with Crippen LogP contribution in [0.25, 0.3) is 0 Å². The molecule has 2 rings (SSSR count). The van der Waals surface area contributed by atoms with Gasteiger partial charge in [-0.25, -0.2) is 0 Å². The lowest BCUT2D eigenvalue weighted by Crippen LogP contribution is -2.30. The molecule has 0 heterocycles. The summed E-state index contributed by atoms with van der Waals surface area (Å²) in [6.07, 6.45) is 3.66. The van der Waals surface area contributed by atoms with Gasteiger partial charge in [0.2, 0.25) is 0 Å². The van der Waals surface area contributed by atoms with Crippen LogP contribution in [0.2, 0.25) is 0 Å². The second kappa shape index (κ2) is 4.58. The minimum Gasteiger partial charge on any atom is -0.351 e. The van der Waals surface area contributed by atoms with Gasteiger partial charge in [0, 0.05) is 11.0 Å². The van der Waals surface area contributed by atoms with Crippen LogP contribution in [0.5, 0.6) is 0 Å². The molecule has 86 valence electrons. The fourth-order valence-corrected chi connectivity index (χ4v) is 2.31. The van der Waals surface area contributed by atoms with E-state index in [0.717, 1.165) is 23.0 Å². The molecular formula is C13H16BrNO. The summed E-state index contributed by atoms with van der Waals surface area (Å²) in [5, 5.41) is 3.02. The first-order valence-corrected chi connectivity index (χ1v) is 6.49. The lowest BCUT2D eigenvalue weighted by atomic mass is 10.0. The molecule has 1 saturated carbocycles.